The minimum absolute atomic E-state index is 0.105. The van der Waals surface area contributed by atoms with E-state index >= 15 is 0 Å². The van der Waals surface area contributed by atoms with E-state index in [1.807, 2.05) is 31.2 Å². The van der Waals surface area contributed by atoms with Crippen molar-refractivity contribution in [3.8, 4) is 11.4 Å². The number of carbonyl (C=O) groups excluding carboxylic acids is 1. The topological polar surface area (TPSA) is 118 Å². The van der Waals surface area contributed by atoms with Crippen LogP contribution in [-0.2, 0) is 6.54 Å². The number of hydrogen-bond acceptors (Lipinski definition) is 8. The summed E-state index contributed by atoms with van der Waals surface area (Å²) in [6, 6.07) is 12.4. The normalized spacial score (nSPS) is 14.4. The van der Waals surface area contributed by atoms with E-state index in [9.17, 15) is 14.9 Å². The predicted molar refractivity (Wildman–Crippen MR) is 118 cm³/mol. The monoisotopic (exact) mass is 436 g/mol. The Morgan fingerprint density at radius 2 is 1.88 bits per heavy atom. The molecule has 1 aliphatic heterocycles. The van der Waals surface area contributed by atoms with Crippen LogP contribution in [-0.4, -0.2) is 59.1 Å². The number of aryl methyl sites for hydroxylation is 1. The molecular weight excluding hydrogens is 412 g/mol. The molecule has 0 saturated carbocycles. The maximum absolute atomic E-state index is 12.3. The highest BCUT2D eigenvalue weighted by Gasteiger charge is 2.24. The van der Waals surface area contributed by atoms with Gasteiger partial charge in [-0.15, -0.1) is 0 Å². The zero-order chi connectivity index (χ0) is 22.7. The fraction of sp³-hybridized carbons (Fsp3) is 0.318. The molecule has 10 heteroatoms. The lowest BCUT2D eigenvalue weighted by Gasteiger charge is -2.36. The molecule has 2 heterocycles. The summed E-state index contributed by atoms with van der Waals surface area (Å²) in [7, 11) is 1.51. The standard InChI is InChI=1S/C22H24N6O4/c1-15-3-5-16(6-4-15)21-24-20(32-25-21)14-26-9-11-27(12-10-26)19-8-7-17(28(30)31)13-18(19)22(29)23-2/h3-8,13H,9-12,14H2,1-2H3,(H,23,29). The average Bonchev–Trinajstić information content (AvgIpc) is 3.27. The van der Waals surface area contributed by atoms with Gasteiger partial charge in [-0.1, -0.05) is 35.0 Å². The molecule has 0 bridgehead atoms. The molecule has 1 fully saturated rings. The van der Waals surface area contributed by atoms with Gasteiger partial charge in [-0.25, -0.2) is 0 Å². The summed E-state index contributed by atoms with van der Waals surface area (Å²) in [5.41, 5.74) is 2.97. The summed E-state index contributed by atoms with van der Waals surface area (Å²) in [5, 5.41) is 17.8. The summed E-state index contributed by atoms with van der Waals surface area (Å²) in [5.74, 6) is 0.774. The fourth-order valence-corrected chi connectivity index (χ4v) is 3.71. The zero-order valence-corrected chi connectivity index (χ0v) is 17.9. The van der Waals surface area contributed by atoms with Crippen LogP contribution in [0, 0.1) is 17.0 Å². The SMILES string of the molecule is CNC(=O)c1cc([N+](=O)[O-])ccc1N1CCN(Cc2nc(-c3ccc(C)cc3)no2)CC1. The molecule has 166 valence electrons. The number of non-ortho nitro benzene ring substituents is 1. The molecule has 10 nitrogen and oxygen atoms in total. The van der Waals surface area contributed by atoms with Gasteiger partial charge in [-0.3, -0.25) is 19.8 Å². The van der Waals surface area contributed by atoms with Crippen molar-refractivity contribution in [3.05, 3.63) is 69.6 Å². The molecule has 0 radical (unpaired) electrons. The maximum atomic E-state index is 12.3. The van der Waals surface area contributed by atoms with Crippen molar-refractivity contribution in [2.24, 2.45) is 0 Å². The number of rotatable bonds is 6. The number of amides is 1. The van der Waals surface area contributed by atoms with Crippen LogP contribution in [0.1, 0.15) is 21.8 Å². The molecular formula is C22H24N6O4. The highest BCUT2D eigenvalue weighted by Crippen LogP contribution is 2.27. The second kappa shape index (κ2) is 9.15. The van der Waals surface area contributed by atoms with Crippen molar-refractivity contribution >= 4 is 17.3 Å². The quantitative estimate of drug-likeness (QED) is 0.463. The number of nitrogens with zero attached hydrogens (tertiary/aromatic N) is 5. The fourth-order valence-electron chi connectivity index (χ4n) is 3.71. The van der Waals surface area contributed by atoms with Gasteiger partial charge in [-0.05, 0) is 13.0 Å². The lowest BCUT2D eigenvalue weighted by atomic mass is 10.1. The summed E-state index contributed by atoms with van der Waals surface area (Å²) < 4.78 is 5.43. The molecule has 1 saturated heterocycles. The first kappa shape index (κ1) is 21.4. The van der Waals surface area contributed by atoms with Crippen LogP contribution in [0.4, 0.5) is 11.4 Å². The molecule has 2 aromatic carbocycles. The van der Waals surface area contributed by atoms with Crippen LogP contribution in [0.15, 0.2) is 47.0 Å². The third-order valence-corrected chi connectivity index (χ3v) is 5.51. The predicted octanol–water partition coefficient (Wildman–Crippen LogP) is 2.64. The molecule has 3 aromatic rings. The van der Waals surface area contributed by atoms with Gasteiger partial charge in [0.2, 0.25) is 11.7 Å². The first-order valence-corrected chi connectivity index (χ1v) is 10.3. The van der Waals surface area contributed by atoms with E-state index < -0.39 is 4.92 Å². The minimum atomic E-state index is -0.497. The molecule has 0 unspecified atom stereocenters. The molecule has 0 atom stereocenters. The van der Waals surface area contributed by atoms with E-state index in [0.717, 1.165) is 18.7 Å². The number of anilines is 1. The van der Waals surface area contributed by atoms with Gasteiger partial charge < -0.3 is 14.7 Å². The van der Waals surface area contributed by atoms with Crippen molar-refractivity contribution in [2.45, 2.75) is 13.5 Å². The van der Waals surface area contributed by atoms with E-state index in [1.54, 1.807) is 6.07 Å². The molecule has 0 spiro atoms. The lowest BCUT2D eigenvalue weighted by molar-refractivity contribution is -0.384. The summed E-state index contributed by atoms with van der Waals surface area (Å²) >= 11 is 0. The maximum Gasteiger partial charge on any atom is 0.270 e. The van der Waals surface area contributed by atoms with Gasteiger partial charge in [0.05, 0.1) is 22.7 Å². The largest absolute Gasteiger partial charge is 0.368 e. The number of nitro benzene ring substituents is 1. The van der Waals surface area contributed by atoms with E-state index in [0.29, 0.717) is 42.6 Å². The first-order chi connectivity index (χ1) is 15.4. The van der Waals surface area contributed by atoms with E-state index in [1.165, 1.54) is 24.7 Å². The number of aromatic nitrogens is 2. The Bertz CT molecular complexity index is 1120. The molecule has 1 aromatic heterocycles. The Kier molecular flexibility index (Phi) is 6.13. The third kappa shape index (κ3) is 4.59. The van der Waals surface area contributed by atoms with E-state index in [4.69, 9.17) is 4.52 Å². The van der Waals surface area contributed by atoms with Crippen molar-refractivity contribution in [2.75, 3.05) is 38.1 Å². The van der Waals surface area contributed by atoms with Crippen molar-refractivity contribution in [1.29, 1.82) is 0 Å². The highest BCUT2D eigenvalue weighted by atomic mass is 16.6. The Balaban J connectivity index is 1.41. The Labute approximate surface area is 185 Å². The summed E-state index contributed by atoms with van der Waals surface area (Å²) in [4.78, 5) is 31.7. The molecule has 4 rings (SSSR count). The van der Waals surface area contributed by atoms with Crippen LogP contribution >= 0.6 is 0 Å². The summed E-state index contributed by atoms with van der Waals surface area (Å²) in [6.07, 6.45) is 0. The number of nitro groups is 1. The van der Waals surface area contributed by atoms with Crippen molar-refractivity contribution in [1.82, 2.24) is 20.4 Å². The van der Waals surface area contributed by atoms with Gasteiger partial charge in [-0.2, -0.15) is 4.98 Å². The summed E-state index contributed by atoms with van der Waals surface area (Å²) in [6.45, 7) is 5.36. The van der Waals surface area contributed by atoms with Crippen LogP contribution in [0.2, 0.25) is 0 Å². The second-order valence-corrected chi connectivity index (χ2v) is 7.68. The van der Waals surface area contributed by atoms with Crippen LogP contribution in [0.25, 0.3) is 11.4 Å². The van der Waals surface area contributed by atoms with Gasteiger partial charge in [0.1, 0.15) is 0 Å². The smallest absolute Gasteiger partial charge is 0.270 e. The van der Waals surface area contributed by atoms with E-state index in [-0.39, 0.29) is 11.6 Å². The average molecular weight is 436 g/mol. The Morgan fingerprint density at radius 1 is 1.16 bits per heavy atom. The first-order valence-electron chi connectivity index (χ1n) is 10.3. The highest BCUT2D eigenvalue weighted by molar-refractivity contribution is 6.00. The minimum Gasteiger partial charge on any atom is -0.368 e. The second-order valence-electron chi connectivity index (χ2n) is 7.68. The van der Waals surface area contributed by atoms with Crippen LogP contribution < -0.4 is 10.2 Å². The van der Waals surface area contributed by atoms with Crippen molar-refractivity contribution < 1.29 is 14.2 Å². The number of carbonyl (C=O) groups is 1. The zero-order valence-electron chi connectivity index (χ0n) is 17.9. The van der Waals surface area contributed by atoms with Crippen molar-refractivity contribution in [3.63, 3.8) is 0 Å². The van der Waals surface area contributed by atoms with Crippen LogP contribution in [0.3, 0.4) is 0 Å². The Morgan fingerprint density at radius 3 is 2.53 bits per heavy atom. The molecule has 32 heavy (non-hydrogen) atoms. The molecule has 1 N–H and O–H groups in total. The third-order valence-electron chi connectivity index (χ3n) is 5.51. The number of benzene rings is 2. The lowest BCUT2D eigenvalue weighted by Crippen LogP contribution is -2.46. The molecule has 1 aliphatic rings. The number of hydrogen-bond donors (Lipinski definition) is 1. The van der Waals surface area contributed by atoms with Crippen LogP contribution in [0.5, 0.6) is 0 Å². The van der Waals surface area contributed by atoms with Gasteiger partial charge in [0.15, 0.2) is 0 Å². The van der Waals surface area contributed by atoms with Gasteiger partial charge in [0, 0.05) is 50.9 Å². The Hall–Kier alpha value is -3.79. The van der Waals surface area contributed by atoms with E-state index in [2.05, 4.69) is 25.3 Å². The van der Waals surface area contributed by atoms with Gasteiger partial charge in [0.25, 0.3) is 11.6 Å². The molecule has 1 amide bonds. The molecule has 0 aliphatic carbocycles. The van der Waals surface area contributed by atoms with Gasteiger partial charge >= 0.3 is 0 Å². The number of nitrogens with one attached hydrogen (secondary N) is 1. The number of piperazine rings is 1.